The van der Waals surface area contributed by atoms with Crippen molar-refractivity contribution in [2.75, 3.05) is 20.2 Å². The minimum absolute atomic E-state index is 0.0900. The molecule has 146 valence electrons. The van der Waals surface area contributed by atoms with Gasteiger partial charge >= 0.3 is 0 Å². The van der Waals surface area contributed by atoms with Crippen LogP contribution in [-0.2, 0) is 24.2 Å². The van der Waals surface area contributed by atoms with E-state index in [0.29, 0.717) is 0 Å². The summed E-state index contributed by atoms with van der Waals surface area (Å²) in [6.45, 7) is 8.81. The molecule has 1 heterocycles. The molecule has 1 aliphatic rings. The van der Waals surface area contributed by atoms with E-state index < -0.39 is 0 Å². The third-order valence-corrected chi connectivity index (χ3v) is 4.39. The van der Waals surface area contributed by atoms with Gasteiger partial charge in [0.15, 0.2) is 5.78 Å². The van der Waals surface area contributed by atoms with Crippen molar-refractivity contribution in [1.29, 1.82) is 0 Å². The number of carbonyl (C=O) groups excluding carboxylic acids is 1. The van der Waals surface area contributed by atoms with E-state index >= 15 is 0 Å². The number of aliphatic hydroxyl groups is 1. The molecule has 0 aliphatic carbocycles. The van der Waals surface area contributed by atoms with Crippen LogP contribution in [0.1, 0.15) is 43.0 Å². The zero-order valence-electron chi connectivity index (χ0n) is 17.1. The van der Waals surface area contributed by atoms with Gasteiger partial charge in [-0.1, -0.05) is 68.5 Å². The molecule has 3 nitrogen and oxygen atoms in total. The van der Waals surface area contributed by atoms with E-state index in [4.69, 9.17) is 5.11 Å². The summed E-state index contributed by atoms with van der Waals surface area (Å²) in [4.78, 5) is 13.6. The summed E-state index contributed by atoms with van der Waals surface area (Å²) in [6.07, 6.45) is 5.75. The maximum atomic E-state index is 11.1. The van der Waals surface area contributed by atoms with Crippen LogP contribution >= 0.6 is 0 Å². The van der Waals surface area contributed by atoms with Crippen LogP contribution in [0.25, 0.3) is 6.08 Å². The Morgan fingerprint density at radius 1 is 1.07 bits per heavy atom. The van der Waals surface area contributed by atoms with Gasteiger partial charge in [-0.25, -0.2) is 0 Å². The van der Waals surface area contributed by atoms with Crippen molar-refractivity contribution in [3.63, 3.8) is 0 Å². The van der Waals surface area contributed by atoms with E-state index in [0.717, 1.165) is 45.1 Å². The summed E-state index contributed by atoms with van der Waals surface area (Å²) < 4.78 is 0. The quantitative estimate of drug-likeness (QED) is 0.790. The number of rotatable bonds is 5. The molecular weight excluding hydrogens is 334 g/mol. The molecule has 0 fully saturated rings. The lowest BCUT2D eigenvalue weighted by Gasteiger charge is -2.29. The number of hydrogen-bond donors (Lipinski definition) is 1. The van der Waals surface area contributed by atoms with Crippen LogP contribution in [-0.4, -0.2) is 36.0 Å². The van der Waals surface area contributed by atoms with Crippen LogP contribution in [0.5, 0.6) is 0 Å². The molecule has 27 heavy (non-hydrogen) atoms. The Morgan fingerprint density at radius 2 is 1.78 bits per heavy atom. The average molecular weight is 368 g/mol. The normalized spacial score (nSPS) is 13.1. The molecule has 0 saturated heterocycles. The van der Waals surface area contributed by atoms with Crippen molar-refractivity contribution in [2.45, 2.75) is 40.2 Å². The van der Waals surface area contributed by atoms with E-state index in [1.54, 1.807) is 13.0 Å². The highest BCUT2D eigenvalue weighted by atomic mass is 16.2. The first kappa shape index (κ1) is 22.8. The number of benzene rings is 2. The summed E-state index contributed by atoms with van der Waals surface area (Å²) in [7, 11) is 1.00. The second-order valence-electron chi connectivity index (χ2n) is 6.23. The highest BCUT2D eigenvalue weighted by Gasteiger charge is 2.15. The topological polar surface area (TPSA) is 40.5 Å². The molecule has 3 heteroatoms. The van der Waals surface area contributed by atoms with Crippen LogP contribution < -0.4 is 0 Å². The molecule has 3 rings (SSSR count). The molecule has 0 aromatic heterocycles. The summed E-state index contributed by atoms with van der Waals surface area (Å²) in [6, 6.07) is 17.2. The van der Waals surface area contributed by atoms with Gasteiger partial charge in [0, 0.05) is 26.7 Å². The number of carbonyl (C=O) groups is 1. The lowest BCUT2D eigenvalue weighted by Crippen LogP contribution is -2.32. The smallest absolute Gasteiger partial charge is 0.152 e. The van der Waals surface area contributed by atoms with Crippen LogP contribution in [0.2, 0.25) is 0 Å². The Hall–Kier alpha value is -2.23. The number of allylic oxidation sites excluding steroid dienone is 1. The van der Waals surface area contributed by atoms with E-state index in [1.165, 1.54) is 16.7 Å². The van der Waals surface area contributed by atoms with E-state index in [1.807, 2.05) is 19.9 Å². The van der Waals surface area contributed by atoms with Crippen molar-refractivity contribution < 1.29 is 9.90 Å². The van der Waals surface area contributed by atoms with Crippen molar-refractivity contribution in [2.24, 2.45) is 0 Å². The number of aliphatic hydroxyl groups excluding tert-OH is 1. The van der Waals surface area contributed by atoms with Gasteiger partial charge in [0.2, 0.25) is 0 Å². The summed E-state index contributed by atoms with van der Waals surface area (Å²) in [5.74, 6) is 0.0900. The predicted molar refractivity (Wildman–Crippen MR) is 115 cm³/mol. The number of ketones is 1. The van der Waals surface area contributed by atoms with Gasteiger partial charge in [-0.15, -0.1) is 0 Å². The van der Waals surface area contributed by atoms with Crippen LogP contribution in [0.3, 0.4) is 0 Å². The van der Waals surface area contributed by atoms with Gasteiger partial charge in [0.1, 0.15) is 0 Å². The fourth-order valence-electron chi connectivity index (χ4n) is 3.08. The lowest BCUT2D eigenvalue weighted by atomic mass is 9.97. The first-order valence-corrected chi connectivity index (χ1v) is 9.72. The minimum Gasteiger partial charge on any atom is -0.400 e. The molecule has 1 aliphatic heterocycles. The van der Waals surface area contributed by atoms with Gasteiger partial charge < -0.3 is 5.11 Å². The van der Waals surface area contributed by atoms with Crippen molar-refractivity contribution in [3.05, 3.63) is 76.9 Å². The molecular formula is C24H33NO2. The highest BCUT2D eigenvalue weighted by molar-refractivity contribution is 5.91. The molecule has 2 aromatic carbocycles. The lowest BCUT2D eigenvalue weighted by molar-refractivity contribution is -0.112. The second-order valence-corrected chi connectivity index (χ2v) is 6.23. The standard InChI is InChI=1S/C21H23NO.C2H6.CH4O/c1-17(23)7-8-19-9-10-20-12-14-22(16-21(20)15-19)13-11-18-5-3-2-4-6-18;2*1-2/h2-10,15H,11-14,16H2,1H3;1-2H3;2H,1H3/b8-7+;;. The first-order chi connectivity index (χ1) is 13.2. The van der Waals surface area contributed by atoms with Crippen molar-refractivity contribution in [3.8, 4) is 0 Å². The van der Waals surface area contributed by atoms with Gasteiger partial charge in [-0.3, -0.25) is 9.69 Å². The zero-order chi connectivity index (χ0) is 20.1. The monoisotopic (exact) mass is 367 g/mol. The highest BCUT2D eigenvalue weighted by Crippen LogP contribution is 2.21. The second kappa shape index (κ2) is 13.0. The third kappa shape index (κ3) is 7.90. The van der Waals surface area contributed by atoms with E-state index in [2.05, 4.69) is 53.4 Å². The van der Waals surface area contributed by atoms with Crippen molar-refractivity contribution >= 4 is 11.9 Å². The average Bonchev–Trinajstić information content (AvgIpc) is 2.74. The van der Waals surface area contributed by atoms with Crippen LogP contribution in [0.4, 0.5) is 0 Å². The van der Waals surface area contributed by atoms with Gasteiger partial charge in [0.25, 0.3) is 0 Å². The molecule has 0 unspecified atom stereocenters. The Labute approximate surface area is 164 Å². The zero-order valence-corrected chi connectivity index (χ0v) is 17.1. The van der Waals surface area contributed by atoms with Gasteiger partial charge in [-0.05, 0) is 48.1 Å². The van der Waals surface area contributed by atoms with E-state index in [9.17, 15) is 4.79 Å². The fraction of sp³-hybridized carbons (Fsp3) is 0.375. The summed E-state index contributed by atoms with van der Waals surface area (Å²) in [5, 5.41) is 7.00. The minimum atomic E-state index is 0.0900. The number of fused-ring (bicyclic) bond motifs is 1. The Bertz CT molecular complexity index is 708. The molecule has 0 radical (unpaired) electrons. The SMILES string of the molecule is CC.CC(=O)/C=C/c1ccc2c(c1)CN(CCc1ccccc1)CC2.CO. The molecule has 0 spiro atoms. The Morgan fingerprint density at radius 3 is 2.44 bits per heavy atom. The van der Waals surface area contributed by atoms with Crippen molar-refractivity contribution in [1.82, 2.24) is 4.90 Å². The maximum Gasteiger partial charge on any atom is 0.152 e. The molecule has 1 N–H and O–H groups in total. The van der Waals surface area contributed by atoms with Gasteiger partial charge in [-0.2, -0.15) is 0 Å². The predicted octanol–water partition coefficient (Wildman–Crippen LogP) is 4.52. The van der Waals surface area contributed by atoms with Gasteiger partial charge in [0.05, 0.1) is 0 Å². The summed E-state index contributed by atoms with van der Waals surface area (Å²) >= 11 is 0. The largest absolute Gasteiger partial charge is 0.400 e. The first-order valence-electron chi connectivity index (χ1n) is 9.72. The van der Waals surface area contributed by atoms with Crippen LogP contribution in [0, 0.1) is 0 Å². The fourth-order valence-corrected chi connectivity index (χ4v) is 3.08. The molecule has 2 aromatic rings. The molecule has 0 amide bonds. The Balaban J connectivity index is 0.000000855. The van der Waals surface area contributed by atoms with E-state index in [-0.39, 0.29) is 5.78 Å². The molecule has 0 bridgehead atoms. The maximum absolute atomic E-state index is 11.1. The number of hydrogen-bond acceptors (Lipinski definition) is 3. The Kier molecular flexibility index (Phi) is 11.0. The third-order valence-electron chi connectivity index (χ3n) is 4.39. The molecule has 0 saturated carbocycles. The molecule has 0 atom stereocenters. The van der Waals surface area contributed by atoms with Crippen LogP contribution in [0.15, 0.2) is 54.6 Å². The summed E-state index contributed by atoms with van der Waals surface area (Å²) in [5.41, 5.74) is 5.36. The number of nitrogens with zero attached hydrogens (tertiary/aromatic N) is 1.